The minimum atomic E-state index is -4.88. The van der Waals surface area contributed by atoms with Crippen molar-refractivity contribution in [3.8, 4) is 0 Å². The van der Waals surface area contributed by atoms with Crippen LogP contribution in [0.1, 0.15) is 90.4 Å². The molecule has 0 aromatic carbocycles. The molecule has 0 heterocycles. The molecule has 0 spiro atoms. The molecule has 30 heavy (non-hydrogen) atoms. The van der Waals surface area contributed by atoms with Gasteiger partial charge in [-0.3, -0.25) is 9.36 Å². The van der Waals surface area contributed by atoms with Crippen LogP contribution in [0, 0.1) is 0 Å². The number of ether oxygens (including phenoxy) is 1. The molecule has 0 aromatic rings. The number of carbonyl (C=O) groups excluding carboxylic acids is 1. The Balaban J connectivity index is 3.52. The maximum Gasteiger partial charge on any atom is 0.359 e. The lowest BCUT2D eigenvalue weighted by molar-refractivity contribution is -0.147. The summed E-state index contributed by atoms with van der Waals surface area (Å²) in [7, 11) is -4.88. The highest BCUT2D eigenvalue weighted by Gasteiger charge is 2.31. The van der Waals surface area contributed by atoms with Gasteiger partial charge in [0.25, 0.3) is 0 Å². The van der Waals surface area contributed by atoms with Crippen molar-refractivity contribution in [1.29, 1.82) is 0 Å². The maximum absolute atomic E-state index is 13.1. The molecule has 0 bridgehead atoms. The van der Waals surface area contributed by atoms with Gasteiger partial charge >= 0.3 is 13.6 Å². The Morgan fingerprint density at radius 1 is 0.967 bits per heavy atom. The molecule has 3 N–H and O–H groups in total. The van der Waals surface area contributed by atoms with Gasteiger partial charge < -0.3 is 19.6 Å². The second kappa shape index (κ2) is 18.7. The summed E-state index contributed by atoms with van der Waals surface area (Å²) in [5.41, 5.74) is 0. The van der Waals surface area contributed by atoms with E-state index in [0.717, 1.165) is 38.5 Å². The third kappa shape index (κ3) is 19.0. The van der Waals surface area contributed by atoms with E-state index in [9.17, 15) is 18.9 Å². The van der Waals surface area contributed by atoms with Gasteiger partial charge in [-0.15, -0.1) is 0 Å². The van der Waals surface area contributed by atoms with E-state index in [1.54, 1.807) is 0 Å². The van der Waals surface area contributed by atoms with Crippen molar-refractivity contribution in [2.24, 2.45) is 0 Å². The number of hydrogen-bond acceptors (Lipinski definition) is 4. The van der Waals surface area contributed by atoms with Gasteiger partial charge in [0.05, 0.1) is 6.10 Å². The summed E-state index contributed by atoms with van der Waals surface area (Å²) in [4.78, 5) is 28.8. The number of alkyl halides is 1. The molecule has 0 radical (unpaired) electrons. The van der Waals surface area contributed by atoms with Gasteiger partial charge in [0.15, 0.2) is 0 Å². The molecule has 6 nitrogen and oxygen atoms in total. The molecule has 0 rings (SSSR count). The minimum absolute atomic E-state index is 0.217. The van der Waals surface area contributed by atoms with Gasteiger partial charge in [-0.25, -0.2) is 4.39 Å². The monoisotopic (exact) mass is 450 g/mol. The van der Waals surface area contributed by atoms with Crippen molar-refractivity contribution < 1.29 is 33.4 Å². The molecule has 0 aromatic heterocycles. The van der Waals surface area contributed by atoms with Gasteiger partial charge in [0.1, 0.15) is 6.61 Å². The number of unbranched alkanes of at least 4 members (excludes halogenated alkanes) is 8. The van der Waals surface area contributed by atoms with Gasteiger partial charge in [-0.05, 0) is 38.5 Å². The molecule has 0 aliphatic heterocycles. The van der Waals surface area contributed by atoms with E-state index in [-0.39, 0.29) is 6.42 Å². The lowest BCUT2D eigenvalue weighted by atomic mass is 10.1. The van der Waals surface area contributed by atoms with Crippen LogP contribution < -0.4 is 0 Å². The van der Waals surface area contributed by atoms with Crippen molar-refractivity contribution in [3.63, 3.8) is 0 Å². The van der Waals surface area contributed by atoms with Gasteiger partial charge in [-0.2, -0.15) is 0 Å². The Kier molecular flexibility index (Phi) is 18.1. The van der Waals surface area contributed by atoms with Crippen LogP contribution in [0.2, 0.25) is 0 Å². The fourth-order valence-corrected chi connectivity index (χ4v) is 3.29. The first kappa shape index (κ1) is 29.0. The molecule has 176 valence electrons. The van der Waals surface area contributed by atoms with Crippen molar-refractivity contribution in [1.82, 2.24) is 0 Å². The number of rotatable bonds is 19. The normalized spacial score (nSPS) is 14.4. The Morgan fingerprint density at radius 2 is 1.53 bits per heavy atom. The summed E-state index contributed by atoms with van der Waals surface area (Å²) >= 11 is 0. The molecule has 8 heteroatoms. The zero-order valence-electron chi connectivity index (χ0n) is 18.3. The van der Waals surface area contributed by atoms with Crippen LogP contribution in [0.15, 0.2) is 24.3 Å². The average molecular weight is 451 g/mol. The number of carbonyl (C=O) groups is 1. The lowest BCUT2D eigenvalue weighted by Crippen LogP contribution is -2.22. The molecule has 0 fully saturated rings. The molecule has 0 aliphatic rings. The van der Waals surface area contributed by atoms with Gasteiger partial charge in [0.2, 0.25) is 5.91 Å². The SMILES string of the molecule is CCCCC/C=C\C/C=C\CCCCCCCC(=O)OC[C@@H](O)CC(F)P(=O)(O)O. The summed E-state index contributed by atoms with van der Waals surface area (Å²) in [5.74, 6) is -2.95. The molecular weight excluding hydrogens is 410 g/mol. The summed E-state index contributed by atoms with van der Waals surface area (Å²) < 4.78 is 28.6. The van der Waals surface area contributed by atoms with Crippen LogP contribution in [0.25, 0.3) is 0 Å². The highest BCUT2D eigenvalue weighted by atomic mass is 31.2. The molecule has 0 aliphatic carbocycles. The van der Waals surface area contributed by atoms with E-state index in [1.165, 1.54) is 25.7 Å². The van der Waals surface area contributed by atoms with E-state index in [1.807, 2.05) is 0 Å². The fourth-order valence-electron chi connectivity index (χ4n) is 2.77. The molecule has 0 saturated carbocycles. The largest absolute Gasteiger partial charge is 0.463 e. The van der Waals surface area contributed by atoms with E-state index < -0.39 is 38.6 Å². The summed E-state index contributed by atoms with van der Waals surface area (Å²) in [6.07, 6.45) is 18.8. The van der Waals surface area contributed by atoms with Crippen LogP contribution in [0.5, 0.6) is 0 Å². The average Bonchev–Trinajstić information content (AvgIpc) is 2.68. The van der Waals surface area contributed by atoms with E-state index >= 15 is 0 Å². The van der Waals surface area contributed by atoms with Gasteiger partial charge in [0, 0.05) is 12.8 Å². The Morgan fingerprint density at radius 3 is 2.13 bits per heavy atom. The third-order valence-corrected chi connectivity index (χ3v) is 5.54. The highest BCUT2D eigenvalue weighted by Crippen LogP contribution is 2.44. The smallest absolute Gasteiger partial charge is 0.359 e. The standard InChI is InChI=1S/C22H40FO6P/c1-2-3-4-5-6-7-8-9-10-11-12-13-14-15-16-17-22(25)29-19-20(24)18-21(23)30(26,27)28/h6-7,9-10,20-21,24H,2-5,8,11-19H2,1H3,(H2,26,27,28)/b7-6-,10-9-/t20-,21?/m0/s1. The van der Waals surface area contributed by atoms with E-state index in [2.05, 4.69) is 31.2 Å². The molecule has 0 amide bonds. The fraction of sp³-hybridized carbons (Fsp3) is 0.773. The number of aliphatic hydroxyl groups excluding tert-OH is 1. The van der Waals surface area contributed by atoms with E-state index in [0.29, 0.717) is 6.42 Å². The number of allylic oxidation sites excluding steroid dienone is 4. The second-order valence-corrected chi connectivity index (χ2v) is 9.32. The zero-order valence-corrected chi connectivity index (χ0v) is 19.1. The summed E-state index contributed by atoms with van der Waals surface area (Å²) in [6.45, 7) is 1.75. The number of hydrogen-bond donors (Lipinski definition) is 3. The van der Waals surface area contributed by atoms with E-state index in [4.69, 9.17) is 14.5 Å². The molecule has 2 atom stereocenters. The third-order valence-electron chi connectivity index (χ3n) is 4.60. The second-order valence-electron chi connectivity index (χ2n) is 7.58. The predicted molar refractivity (Wildman–Crippen MR) is 118 cm³/mol. The van der Waals surface area contributed by atoms with Crippen molar-refractivity contribution in [2.45, 2.75) is 102 Å². The number of halogens is 1. The summed E-state index contributed by atoms with van der Waals surface area (Å²) in [5, 5.41) is 9.47. The van der Waals surface area contributed by atoms with Crippen LogP contribution in [0.3, 0.4) is 0 Å². The van der Waals surface area contributed by atoms with Crippen LogP contribution in [-0.4, -0.2) is 39.5 Å². The Hall–Kier alpha value is -1.01. The molecular formula is C22H40FO6P. The van der Waals surface area contributed by atoms with Gasteiger partial charge in [-0.1, -0.05) is 63.3 Å². The number of esters is 1. The first-order chi connectivity index (χ1) is 14.3. The van der Waals surface area contributed by atoms with Crippen LogP contribution >= 0.6 is 7.60 Å². The van der Waals surface area contributed by atoms with Crippen molar-refractivity contribution >= 4 is 13.6 Å². The maximum atomic E-state index is 13.1. The Bertz CT molecular complexity index is 532. The lowest BCUT2D eigenvalue weighted by Gasteiger charge is -2.15. The number of aliphatic hydroxyl groups is 1. The highest BCUT2D eigenvalue weighted by molar-refractivity contribution is 7.52. The Labute approximate surface area is 180 Å². The molecule has 1 unspecified atom stereocenters. The molecule has 0 saturated heterocycles. The van der Waals surface area contributed by atoms with Crippen LogP contribution in [-0.2, 0) is 14.1 Å². The predicted octanol–water partition coefficient (Wildman–Crippen LogP) is 5.57. The van der Waals surface area contributed by atoms with Crippen LogP contribution in [0.4, 0.5) is 4.39 Å². The topological polar surface area (TPSA) is 104 Å². The first-order valence-corrected chi connectivity index (χ1v) is 12.8. The first-order valence-electron chi connectivity index (χ1n) is 11.1. The zero-order chi connectivity index (χ0) is 22.7. The minimum Gasteiger partial charge on any atom is -0.463 e. The van der Waals surface area contributed by atoms with Crippen molar-refractivity contribution in [2.75, 3.05) is 6.61 Å². The van der Waals surface area contributed by atoms with Crippen molar-refractivity contribution in [3.05, 3.63) is 24.3 Å². The summed E-state index contributed by atoms with van der Waals surface area (Å²) in [6, 6.07) is 0. The quantitative estimate of drug-likeness (QED) is 0.103.